The summed E-state index contributed by atoms with van der Waals surface area (Å²) in [5.74, 6) is 1.39. The van der Waals surface area contributed by atoms with E-state index in [1.165, 1.54) is 19.3 Å². The Kier molecular flexibility index (Phi) is 8.21. The Balaban J connectivity index is 2.20. The first kappa shape index (κ1) is 18.4. The topological polar surface area (TPSA) is 51.4 Å². The molecule has 0 aliphatic heterocycles. The molecule has 0 aromatic carbocycles. The van der Waals surface area contributed by atoms with E-state index in [1.54, 1.807) is 0 Å². The van der Waals surface area contributed by atoms with E-state index < -0.39 is 0 Å². The average Bonchev–Trinajstić information content (AvgIpc) is 2.41. The van der Waals surface area contributed by atoms with Crippen molar-refractivity contribution in [2.24, 2.45) is 11.8 Å². The summed E-state index contributed by atoms with van der Waals surface area (Å²) in [6.07, 6.45) is 3.76. The maximum atomic E-state index is 5.32. The van der Waals surface area contributed by atoms with E-state index in [-0.39, 0.29) is 0 Å². The monoisotopic (exact) mass is 331 g/mol. The number of likely N-dealkylation sites (N-methyl/N-ethyl adjacent to an activating group) is 1. The molecule has 21 heavy (non-hydrogen) atoms. The van der Waals surface area contributed by atoms with Crippen molar-refractivity contribution in [3.8, 4) is 0 Å². The maximum absolute atomic E-state index is 5.32. The molecule has 0 aromatic rings. The quantitative estimate of drug-likeness (QED) is 0.456. The van der Waals surface area contributed by atoms with Gasteiger partial charge in [0.1, 0.15) is 0 Å². The van der Waals surface area contributed by atoms with Gasteiger partial charge in [-0.3, -0.25) is 10.9 Å². The largest absolute Gasteiger partial charge is 0.360 e. The molecular weight excluding hydrogens is 302 g/mol. The van der Waals surface area contributed by atoms with Crippen molar-refractivity contribution in [3.05, 3.63) is 0 Å². The van der Waals surface area contributed by atoms with E-state index in [0.717, 1.165) is 19.0 Å². The van der Waals surface area contributed by atoms with Crippen LogP contribution in [0.1, 0.15) is 33.1 Å². The summed E-state index contributed by atoms with van der Waals surface area (Å²) in [6, 6.07) is 0.450. The Bertz CT molecular complexity index is 348. The van der Waals surface area contributed by atoms with Crippen LogP contribution in [0.3, 0.4) is 0 Å². The number of nitrogens with one attached hydrogen (secondary N) is 4. The Morgan fingerprint density at radius 2 is 1.76 bits per heavy atom. The predicted octanol–water partition coefficient (Wildman–Crippen LogP) is 1.22. The van der Waals surface area contributed by atoms with Crippen molar-refractivity contribution in [1.82, 2.24) is 26.4 Å². The second-order valence-corrected chi connectivity index (χ2v) is 6.97. The third-order valence-corrected chi connectivity index (χ3v) is 4.62. The van der Waals surface area contributed by atoms with Gasteiger partial charge in [0.25, 0.3) is 0 Å². The smallest absolute Gasteiger partial charge is 0.185 e. The van der Waals surface area contributed by atoms with Gasteiger partial charge in [0.15, 0.2) is 10.2 Å². The van der Waals surface area contributed by atoms with E-state index in [9.17, 15) is 0 Å². The van der Waals surface area contributed by atoms with Crippen molar-refractivity contribution in [2.45, 2.75) is 39.2 Å². The molecule has 0 aromatic heterocycles. The van der Waals surface area contributed by atoms with Gasteiger partial charge in [-0.2, -0.15) is 0 Å². The minimum absolute atomic E-state index is 0.450. The molecule has 1 aliphatic carbocycles. The van der Waals surface area contributed by atoms with Crippen LogP contribution >= 0.6 is 24.4 Å². The molecule has 0 radical (unpaired) electrons. The van der Waals surface area contributed by atoms with Crippen molar-refractivity contribution in [3.63, 3.8) is 0 Å². The van der Waals surface area contributed by atoms with Gasteiger partial charge in [-0.25, -0.2) is 0 Å². The summed E-state index contributed by atoms with van der Waals surface area (Å²) >= 11 is 10.5. The summed E-state index contributed by atoms with van der Waals surface area (Å²) < 4.78 is 0. The number of hydrogen-bond acceptors (Lipinski definition) is 3. The molecule has 1 rings (SSSR count). The van der Waals surface area contributed by atoms with Crippen LogP contribution in [0.15, 0.2) is 0 Å². The Labute approximate surface area is 139 Å². The first-order valence-corrected chi connectivity index (χ1v) is 8.47. The van der Waals surface area contributed by atoms with E-state index in [1.807, 2.05) is 14.1 Å². The molecule has 1 aliphatic rings. The highest BCUT2D eigenvalue weighted by atomic mass is 32.1. The van der Waals surface area contributed by atoms with E-state index >= 15 is 0 Å². The molecule has 0 saturated heterocycles. The molecule has 0 heterocycles. The molecule has 0 spiro atoms. The highest BCUT2D eigenvalue weighted by Crippen LogP contribution is 2.29. The van der Waals surface area contributed by atoms with Crippen LogP contribution in [0.2, 0.25) is 0 Å². The Morgan fingerprint density at radius 1 is 1.10 bits per heavy atom. The summed E-state index contributed by atoms with van der Waals surface area (Å²) in [5.41, 5.74) is 5.88. The standard InChI is InChI=1S/C14H29N5S2/c1-10-6-5-7-12(11(10)2)16-14(21)18-17-13(20)15-8-9-19(3)4/h10-12H,5-9H2,1-4H3,(H2,15,17,20)(H2,16,18,21)/t10-,11+,12-/m0/s1. The second kappa shape index (κ2) is 9.38. The minimum atomic E-state index is 0.450. The van der Waals surface area contributed by atoms with Crippen molar-refractivity contribution >= 4 is 34.7 Å². The van der Waals surface area contributed by atoms with Crippen LogP contribution in [0.25, 0.3) is 0 Å². The van der Waals surface area contributed by atoms with Crippen molar-refractivity contribution < 1.29 is 0 Å². The van der Waals surface area contributed by atoms with Crippen molar-refractivity contribution in [2.75, 3.05) is 27.2 Å². The predicted molar refractivity (Wildman–Crippen MR) is 97.1 cm³/mol. The molecular formula is C14H29N5S2. The lowest BCUT2D eigenvalue weighted by Crippen LogP contribution is -2.54. The van der Waals surface area contributed by atoms with E-state index in [0.29, 0.717) is 22.2 Å². The third kappa shape index (κ3) is 7.24. The molecule has 1 fully saturated rings. The van der Waals surface area contributed by atoms with Crippen LogP contribution in [0, 0.1) is 11.8 Å². The fourth-order valence-corrected chi connectivity index (χ4v) is 2.90. The lowest BCUT2D eigenvalue weighted by atomic mass is 9.78. The number of hydrogen-bond donors (Lipinski definition) is 4. The van der Waals surface area contributed by atoms with Gasteiger partial charge in [-0.15, -0.1) is 0 Å². The van der Waals surface area contributed by atoms with Gasteiger partial charge < -0.3 is 15.5 Å². The zero-order valence-corrected chi connectivity index (χ0v) is 15.2. The third-order valence-electron chi connectivity index (χ3n) is 4.16. The molecule has 0 unspecified atom stereocenters. The van der Waals surface area contributed by atoms with Gasteiger partial charge in [0, 0.05) is 19.1 Å². The Morgan fingerprint density at radius 3 is 2.43 bits per heavy atom. The molecule has 3 atom stereocenters. The van der Waals surface area contributed by atoms with Gasteiger partial charge >= 0.3 is 0 Å². The average molecular weight is 332 g/mol. The zero-order valence-electron chi connectivity index (χ0n) is 13.5. The fraction of sp³-hybridized carbons (Fsp3) is 0.857. The summed E-state index contributed by atoms with van der Waals surface area (Å²) in [4.78, 5) is 2.10. The number of nitrogens with zero attached hydrogens (tertiary/aromatic N) is 1. The first-order valence-electron chi connectivity index (χ1n) is 7.65. The van der Waals surface area contributed by atoms with Crippen LogP contribution in [0.4, 0.5) is 0 Å². The molecule has 5 nitrogen and oxygen atoms in total. The zero-order chi connectivity index (χ0) is 15.8. The number of thiocarbonyl (C=S) groups is 2. The van der Waals surface area contributed by atoms with Crippen LogP contribution in [0.5, 0.6) is 0 Å². The van der Waals surface area contributed by atoms with Crippen LogP contribution in [-0.4, -0.2) is 48.4 Å². The molecule has 0 amide bonds. The SMILES string of the molecule is C[C@H]1[C@@H](NC(=S)NNC(=S)NCCN(C)C)CCC[C@@H]1C. The van der Waals surface area contributed by atoms with Crippen LogP contribution in [-0.2, 0) is 0 Å². The highest BCUT2D eigenvalue weighted by molar-refractivity contribution is 7.80. The van der Waals surface area contributed by atoms with Crippen LogP contribution < -0.4 is 21.5 Å². The lowest BCUT2D eigenvalue weighted by Gasteiger charge is -2.35. The highest BCUT2D eigenvalue weighted by Gasteiger charge is 2.27. The van der Waals surface area contributed by atoms with Gasteiger partial charge in [-0.05, 0) is 56.8 Å². The lowest BCUT2D eigenvalue weighted by molar-refractivity contribution is 0.224. The first-order chi connectivity index (χ1) is 9.90. The summed E-state index contributed by atoms with van der Waals surface area (Å²) in [5, 5.41) is 7.68. The second-order valence-electron chi connectivity index (χ2n) is 6.16. The normalized spacial score (nSPS) is 25.3. The maximum Gasteiger partial charge on any atom is 0.185 e. The molecule has 1 saturated carbocycles. The fourth-order valence-electron chi connectivity index (χ4n) is 2.54. The summed E-state index contributed by atoms with van der Waals surface area (Å²) in [7, 11) is 4.06. The number of hydrazine groups is 1. The molecule has 0 bridgehead atoms. The van der Waals surface area contributed by atoms with Gasteiger partial charge in [-0.1, -0.05) is 26.7 Å². The molecule has 4 N–H and O–H groups in total. The van der Waals surface area contributed by atoms with Crippen molar-refractivity contribution in [1.29, 1.82) is 0 Å². The summed E-state index contributed by atoms with van der Waals surface area (Å²) in [6.45, 7) is 6.35. The number of rotatable bonds is 4. The minimum Gasteiger partial charge on any atom is -0.360 e. The van der Waals surface area contributed by atoms with Gasteiger partial charge in [0.2, 0.25) is 0 Å². The molecule has 7 heteroatoms. The molecule has 122 valence electrons. The Hall–Kier alpha value is -0.660. The van der Waals surface area contributed by atoms with E-state index in [2.05, 4.69) is 40.2 Å². The van der Waals surface area contributed by atoms with E-state index in [4.69, 9.17) is 24.4 Å². The van der Waals surface area contributed by atoms with Gasteiger partial charge in [0.05, 0.1) is 0 Å².